The molecule has 2 aromatic rings. The highest BCUT2D eigenvalue weighted by molar-refractivity contribution is 7.98. The van der Waals surface area contributed by atoms with E-state index in [-0.39, 0.29) is 6.03 Å². The Morgan fingerprint density at radius 2 is 2.18 bits per heavy atom. The van der Waals surface area contributed by atoms with E-state index in [1.54, 1.807) is 23.1 Å². The lowest BCUT2D eigenvalue weighted by Gasteiger charge is -2.44. The smallest absolute Gasteiger partial charge is 0.317 e. The van der Waals surface area contributed by atoms with Gasteiger partial charge in [0, 0.05) is 47.8 Å². The third kappa shape index (κ3) is 4.16. The molecule has 5 nitrogen and oxygen atoms in total. The fourth-order valence-corrected chi connectivity index (χ4v) is 5.03. The number of thioether (sulfide) groups is 1. The summed E-state index contributed by atoms with van der Waals surface area (Å²) in [5.74, 6) is 0.352. The number of benzene rings is 1. The predicted octanol–water partition coefficient (Wildman–Crippen LogP) is 4.43. The molecular weight excluding hydrogens is 392 g/mol. The van der Waals surface area contributed by atoms with Crippen LogP contribution in [0, 0.1) is 6.92 Å². The van der Waals surface area contributed by atoms with Crippen LogP contribution in [0.25, 0.3) is 0 Å². The van der Waals surface area contributed by atoms with Crippen molar-refractivity contribution in [1.29, 1.82) is 0 Å². The Hall–Kier alpha value is -1.70. The molecule has 1 spiro atoms. The number of nitrogens with zero attached hydrogens (tertiary/aromatic N) is 1. The average Bonchev–Trinajstić information content (AvgIpc) is 3.22. The molecule has 1 aromatic heterocycles. The van der Waals surface area contributed by atoms with Crippen molar-refractivity contribution >= 4 is 29.1 Å². The number of amides is 2. The maximum Gasteiger partial charge on any atom is 0.317 e. The Labute approximate surface area is 174 Å². The van der Waals surface area contributed by atoms with Crippen molar-refractivity contribution in [3.05, 3.63) is 45.6 Å². The van der Waals surface area contributed by atoms with Crippen LogP contribution in [0.4, 0.5) is 4.79 Å². The van der Waals surface area contributed by atoms with Gasteiger partial charge in [0.2, 0.25) is 5.79 Å². The molecule has 0 aliphatic carbocycles. The minimum absolute atomic E-state index is 0.00316. The first-order valence-electron chi connectivity index (χ1n) is 9.64. The fourth-order valence-electron chi connectivity index (χ4n) is 3.76. The SMILES string of the molecule is CSc1cc(C)c2c(c1)COC1(CCN(C(=O)NCCc3cccs3)CC1)O2. The van der Waals surface area contributed by atoms with Gasteiger partial charge < -0.3 is 19.7 Å². The zero-order chi connectivity index (χ0) is 19.6. The number of thiophene rings is 1. The van der Waals surface area contributed by atoms with Gasteiger partial charge in [-0.2, -0.15) is 0 Å². The Kier molecular flexibility index (Phi) is 5.85. The second-order valence-corrected chi connectivity index (χ2v) is 9.19. The predicted molar refractivity (Wildman–Crippen MR) is 113 cm³/mol. The van der Waals surface area contributed by atoms with Gasteiger partial charge in [-0.15, -0.1) is 23.1 Å². The number of hydrogen-bond acceptors (Lipinski definition) is 5. The van der Waals surface area contributed by atoms with Gasteiger partial charge in [0.05, 0.1) is 6.61 Å². The second kappa shape index (κ2) is 8.35. The summed E-state index contributed by atoms with van der Waals surface area (Å²) < 4.78 is 12.5. The van der Waals surface area contributed by atoms with Crippen molar-refractivity contribution in [2.24, 2.45) is 0 Å². The molecule has 2 aliphatic heterocycles. The highest BCUT2D eigenvalue weighted by Gasteiger charge is 2.42. The molecular formula is C21H26N2O3S2. The van der Waals surface area contributed by atoms with Gasteiger partial charge in [-0.05, 0) is 48.7 Å². The minimum atomic E-state index is -0.605. The third-order valence-electron chi connectivity index (χ3n) is 5.38. The van der Waals surface area contributed by atoms with E-state index in [0.717, 1.165) is 23.3 Å². The summed E-state index contributed by atoms with van der Waals surface area (Å²) in [6.07, 6.45) is 4.33. The number of nitrogens with one attached hydrogen (secondary N) is 1. The maximum atomic E-state index is 12.5. The normalized spacial score (nSPS) is 17.9. The fraction of sp³-hybridized carbons (Fsp3) is 0.476. The molecule has 4 rings (SSSR count). The van der Waals surface area contributed by atoms with Crippen molar-refractivity contribution in [2.75, 3.05) is 25.9 Å². The quantitative estimate of drug-likeness (QED) is 0.746. The van der Waals surface area contributed by atoms with Crippen molar-refractivity contribution < 1.29 is 14.3 Å². The molecule has 1 fully saturated rings. The Balaban J connectivity index is 1.32. The molecule has 0 bridgehead atoms. The number of piperidine rings is 1. The third-order valence-corrected chi connectivity index (χ3v) is 7.02. The van der Waals surface area contributed by atoms with Gasteiger partial charge in [-0.25, -0.2) is 4.79 Å². The van der Waals surface area contributed by atoms with E-state index in [4.69, 9.17) is 9.47 Å². The van der Waals surface area contributed by atoms with E-state index < -0.39 is 5.79 Å². The van der Waals surface area contributed by atoms with E-state index in [9.17, 15) is 4.79 Å². The summed E-state index contributed by atoms with van der Waals surface area (Å²) in [4.78, 5) is 16.8. The Morgan fingerprint density at radius 3 is 2.89 bits per heavy atom. The van der Waals surface area contributed by atoms with Gasteiger partial charge in [-0.3, -0.25) is 0 Å². The number of fused-ring (bicyclic) bond motifs is 1. The molecule has 0 unspecified atom stereocenters. The highest BCUT2D eigenvalue weighted by Crippen LogP contribution is 2.40. The number of rotatable bonds is 4. The van der Waals surface area contributed by atoms with Crippen molar-refractivity contribution in [2.45, 2.75) is 43.5 Å². The molecule has 2 amide bonds. The summed E-state index contributed by atoms with van der Waals surface area (Å²) in [5, 5.41) is 5.09. The van der Waals surface area contributed by atoms with Crippen LogP contribution in [0.1, 0.15) is 28.8 Å². The van der Waals surface area contributed by atoms with Crippen molar-refractivity contribution in [3.63, 3.8) is 0 Å². The molecule has 3 heterocycles. The molecule has 0 saturated carbocycles. The molecule has 1 N–H and O–H groups in total. The first-order valence-corrected chi connectivity index (χ1v) is 11.7. The van der Waals surface area contributed by atoms with E-state index in [2.05, 4.69) is 42.1 Å². The Bertz CT molecular complexity index is 830. The molecule has 150 valence electrons. The van der Waals surface area contributed by atoms with Crippen LogP contribution in [0.15, 0.2) is 34.5 Å². The lowest BCUT2D eigenvalue weighted by atomic mass is 10.0. The minimum Gasteiger partial charge on any atom is -0.462 e. The number of carbonyl (C=O) groups is 1. The summed E-state index contributed by atoms with van der Waals surface area (Å²) in [5.41, 5.74) is 2.27. The van der Waals surface area contributed by atoms with Crippen LogP contribution in [0.5, 0.6) is 5.75 Å². The molecule has 1 aromatic carbocycles. The highest BCUT2D eigenvalue weighted by atomic mass is 32.2. The number of ether oxygens (including phenoxy) is 2. The van der Waals surface area contributed by atoms with Gasteiger partial charge in [-0.1, -0.05) is 6.07 Å². The number of likely N-dealkylation sites (tertiary alicyclic amines) is 1. The van der Waals surface area contributed by atoms with Crippen LogP contribution in [0.3, 0.4) is 0 Å². The summed E-state index contributed by atoms with van der Waals surface area (Å²) in [7, 11) is 0. The zero-order valence-electron chi connectivity index (χ0n) is 16.3. The van der Waals surface area contributed by atoms with E-state index >= 15 is 0 Å². The monoisotopic (exact) mass is 418 g/mol. The molecule has 7 heteroatoms. The first-order chi connectivity index (χ1) is 13.6. The molecule has 0 radical (unpaired) electrons. The lowest BCUT2D eigenvalue weighted by Crippen LogP contribution is -2.54. The van der Waals surface area contributed by atoms with Crippen molar-refractivity contribution in [1.82, 2.24) is 10.2 Å². The average molecular weight is 419 g/mol. The summed E-state index contributed by atoms with van der Waals surface area (Å²) >= 11 is 3.45. The number of hydrogen-bond donors (Lipinski definition) is 1. The van der Waals surface area contributed by atoms with E-state index in [0.29, 0.717) is 39.1 Å². The standard InChI is InChI=1S/C21H26N2O3S2/c1-15-12-18(27-2)13-16-14-25-21(26-19(15)16)6-9-23(10-7-21)20(24)22-8-5-17-4-3-11-28-17/h3-4,11-13H,5-10,14H2,1-2H3,(H,22,24). The van der Waals surface area contributed by atoms with Crippen LogP contribution in [0.2, 0.25) is 0 Å². The maximum absolute atomic E-state index is 12.5. The van der Waals surface area contributed by atoms with Crippen LogP contribution in [-0.2, 0) is 17.8 Å². The van der Waals surface area contributed by atoms with Crippen LogP contribution >= 0.6 is 23.1 Å². The number of aryl methyl sites for hydroxylation is 1. The number of carbonyl (C=O) groups excluding carboxylic acids is 1. The van der Waals surface area contributed by atoms with Gasteiger partial charge in [0.15, 0.2) is 0 Å². The number of urea groups is 1. The first kappa shape index (κ1) is 19.6. The van der Waals surface area contributed by atoms with Gasteiger partial charge in [0.1, 0.15) is 5.75 Å². The van der Waals surface area contributed by atoms with Crippen LogP contribution < -0.4 is 10.1 Å². The molecule has 28 heavy (non-hydrogen) atoms. The van der Waals surface area contributed by atoms with Crippen molar-refractivity contribution in [3.8, 4) is 5.75 Å². The zero-order valence-corrected chi connectivity index (χ0v) is 18.0. The topological polar surface area (TPSA) is 50.8 Å². The molecule has 0 atom stereocenters. The second-order valence-electron chi connectivity index (χ2n) is 7.28. The summed E-state index contributed by atoms with van der Waals surface area (Å²) in [6.45, 7) is 4.61. The Morgan fingerprint density at radius 1 is 1.36 bits per heavy atom. The molecule has 2 aliphatic rings. The molecule has 1 saturated heterocycles. The van der Waals surface area contributed by atoms with Gasteiger partial charge >= 0.3 is 6.03 Å². The van der Waals surface area contributed by atoms with Gasteiger partial charge in [0.25, 0.3) is 0 Å². The lowest BCUT2D eigenvalue weighted by molar-refractivity contribution is -0.225. The largest absolute Gasteiger partial charge is 0.462 e. The van der Waals surface area contributed by atoms with E-state index in [1.807, 2.05) is 11.0 Å². The van der Waals surface area contributed by atoms with Crippen LogP contribution in [-0.4, -0.2) is 42.6 Å². The summed E-state index contributed by atoms with van der Waals surface area (Å²) in [6, 6.07) is 8.46. The van der Waals surface area contributed by atoms with E-state index in [1.165, 1.54) is 9.77 Å².